The zero-order chi connectivity index (χ0) is 30.5. The van der Waals surface area contributed by atoms with Gasteiger partial charge in [-0.1, -0.05) is 53.6 Å². The van der Waals surface area contributed by atoms with Crippen molar-refractivity contribution in [3.63, 3.8) is 0 Å². The second-order valence-electron chi connectivity index (χ2n) is 9.62. The molecule has 0 aliphatic carbocycles. The van der Waals surface area contributed by atoms with Crippen LogP contribution in [0, 0.1) is 17.0 Å². The highest BCUT2D eigenvalue weighted by Gasteiger charge is 2.37. The molecule has 4 amide bonds. The Hall–Kier alpha value is -5.48. The van der Waals surface area contributed by atoms with E-state index in [0.717, 1.165) is 16.0 Å². The van der Waals surface area contributed by atoms with Crippen molar-refractivity contribution in [2.45, 2.75) is 20.1 Å². The van der Waals surface area contributed by atoms with Crippen molar-refractivity contribution < 1.29 is 28.8 Å². The van der Waals surface area contributed by atoms with E-state index in [1.54, 1.807) is 48.5 Å². The van der Waals surface area contributed by atoms with Crippen LogP contribution in [0.4, 0.5) is 16.2 Å². The number of urea groups is 1. The minimum absolute atomic E-state index is 0.0252. The molecular formula is C32H24ClN3O7. The Balaban J connectivity index is 1.35. The molecule has 1 saturated heterocycles. The number of anilines is 1. The normalized spacial score (nSPS) is 14.0. The minimum Gasteiger partial charge on any atom is -0.489 e. The number of ether oxygens (including phenoxy) is 2. The highest BCUT2D eigenvalue weighted by Crippen LogP contribution is 2.29. The molecule has 0 unspecified atom stereocenters. The van der Waals surface area contributed by atoms with Gasteiger partial charge in [-0.2, -0.15) is 0 Å². The topological polar surface area (TPSA) is 128 Å². The first-order valence-corrected chi connectivity index (χ1v) is 13.4. The number of halogens is 1. The van der Waals surface area contributed by atoms with Crippen LogP contribution in [0.15, 0.2) is 96.6 Å². The molecule has 4 aromatic carbocycles. The molecule has 0 bridgehead atoms. The van der Waals surface area contributed by atoms with Gasteiger partial charge >= 0.3 is 6.03 Å². The molecule has 43 heavy (non-hydrogen) atoms. The highest BCUT2D eigenvalue weighted by atomic mass is 35.5. The Morgan fingerprint density at radius 1 is 0.884 bits per heavy atom. The van der Waals surface area contributed by atoms with E-state index in [4.69, 9.17) is 21.1 Å². The van der Waals surface area contributed by atoms with E-state index in [-0.39, 0.29) is 29.3 Å². The van der Waals surface area contributed by atoms with Crippen LogP contribution in [-0.2, 0) is 22.8 Å². The quantitative estimate of drug-likeness (QED) is 0.103. The molecule has 0 radical (unpaired) electrons. The number of nitro groups is 1. The zero-order valence-electron chi connectivity index (χ0n) is 22.8. The lowest BCUT2D eigenvalue weighted by Crippen LogP contribution is -2.54. The van der Waals surface area contributed by atoms with Gasteiger partial charge < -0.3 is 9.47 Å². The van der Waals surface area contributed by atoms with Crippen LogP contribution >= 0.6 is 11.6 Å². The summed E-state index contributed by atoms with van der Waals surface area (Å²) >= 11 is 6.19. The number of hydrogen-bond acceptors (Lipinski definition) is 7. The molecule has 11 heteroatoms. The van der Waals surface area contributed by atoms with Crippen LogP contribution in [0.5, 0.6) is 11.5 Å². The number of nitrogens with one attached hydrogen (secondary N) is 1. The van der Waals surface area contributed by atoms with Crippen molar-refractivity contribution in [1.82, 2.24) is 5.32 Å². The van der Waals surface area contributed by atoms with Crippen LogP contribution in [0.3, 0.4) is 0 Å². The van der Waals surface area contributed by atoms with Crippen molar-refractivity contribution in [2.24, 2.45) is 0 Å². The van der Waals surface area contributed by atoms with Gasteiger partial charge in [0.15, 0.2) is 0 Å². The number of carbonyl (C=O) groups excluding carboxylic acids is 3. The molecule has 216 valence electrons. The van der Waals surface area contributed by atoms with Gasteiger partial charge in [-0.3, -0.25) is 25.0 Å². The maximum atomic E-state index is 13.5. The number of aryl methyl sites for hydroxylation is 1. The highest BCUT2D eigenvalue weighted by molar-refractivity contribution is 6.39. The number of carbonyl (C=O) groups is 3. The van der Waals surface area contributed by atoms with Crippen molar-refractivity contribution >= 4 is 46.9 Å². The van der Waals surface area contributed by atoms with Gasteiger partial charge in [-0.25, -0.2) is 9.69 Å². The van der Waals surface area contributed by atoms with Crippen molar-refractivity contribution in [3.05, 3.63) is 134 Å². The molecule has 0 saturated carbocycles. The summed E-state index contributed by atoms with van der Waals surface area (Å²) in [5, 5.41) is 13.6. The number of rotatable bonds is 9. The average molecular weight is 598 g/mol. The van der Waals surface area contributed by atoms with Gasteiger partial charge in [0.1, 0.15) is 30.3 Å². The molecule has 1 aliphatic rings. The molecular weight excluding hydrogens is 574 g/mol. The number of imide groups is 2. The predicted molar refractivity (Wildman–Crippen MR) is 160 cm³/mol. The summed E-state index contributed by atoms with van der Waals surface area (Å²) in [5.74, 6) is -0.923. The second kappa shape index (κ2) is 12.6. The third kappa shape index (κ3) is 6.88. The standard InChI is InChI=1S/C32H24ClN3O7/c1-20-5-7-21(8-6-20)18-42-27-12-10-25(11-13-27)35-31(38)28(30(37)34-32(35)39)17-23-16-24(33)9-14-29(23)43-19-22-3-2-4-26(15-22)36(40)41/h2-17H,18-19H2,1H3,(H,34,37,39)/b28-17+. The van der Waals surface area contributed by atoms with Gasteiger partial charge in [0.25, 0.3) is 17.5 Å². The second-order valence-corrected chi connectivity index (χ2v) is 10.1. The van der Waals surface area contributed by atoms with Crippen LogP contribution < -0.4 is 19.7 Å². The maximum absolute atomic E-state index is 13.5. The van der Waals surface area contributed by atoms with E-state index in [9.17, 15) is 24.5 Å². The van der Waals surface area contributed by atoms with Gasteiger partial charge in [0.05, 0.1) is 10.6 Å². The summed E-state index contributed by atoms with van der Waals surface area (Å²) in [5.41, 5.74) is 2.80. The molecule has 1 aliphatic heterocycles. The van der Waals surface area contributed by atoms with E-state index < -0.39 is 22.8 Å². The summed E-state index contributed by atoms with van der Waals surface area (Å²) < 4.78 is 11.7. The summed E-state index contributed by atoms with van der Waals surface area (Å²) in [6, 6.07) is 23.9. The molecule has 10 nitrogen and oxygen atoms in total. The molecule has 0 spiro atoms. The lowest BCUT2D eigenvalue weighted by molar-refractivity contribution is -0.384. The van der Waals surface area contributed by atoms with Crippen molar-refractivity contribution in [2.75, 3.05) is 4.90 Å². The van der Waals surface area contributed by atoms with Crippen LogP contribution in [0.1, 0.15) is 22.3 Å². The van der Waals surface area contributed by atoms with Gasteiger partial charge in [0, 0.05) is 22.7 Å². The smallest absolute Gasteiger partial charge is 0.335 e. The fraction of sp³-hybridized carbons (Fsp3) is 0.0938. The summed E-state index contributed by atoms with van der Waals surface area (Å²) in [4.78, 5) is 50.4. The van der Waals surface area contributed by atoms with Gasteiger partial charge in [-0.05, 0) is 66.6 Å². The van der Waals surface area contributed by atoms with E-state index in [2.05, 4.69) is 5.32 Å². The lowest BCUT2D eigenvalue weighted by Gasteiger charge is -2.26. The molecule has 4 aromatic rings. The maximum Gasteiger partial charge on any atom is 0.335 e. The van der Waals surface area contributed by atoms with E-state index in [1.165, 1.54) is 24.3 Å². The first-order chi connectivity index (χ1) is 20.7. The molecule has 1 heterocycles. The van der Waals surface area contributed by atoms with Crippen molar-refractivity contribution in [3.8, 4) is 11.5 Å². The summed E-state index contributed by atoms with van der Waals surface area (Å²) in [6.07, 6.45) is 1.28. The number of hydrogen-bond donors (Lipinski definition) is 1. The van der Waals surface area contributed by atoms with E-state index in [0.29, 0.717) is 28.5 Å². The largest absolute Gasteiger partial charge is 0.489 e. The molecule has 5 rings (SSSR count). The number of nitro benzene ring substituents is 1. The Labute approximate surface area is 251 Å². The first kappa shape index (κ1) is 29.0. The number of non-ortho nitro benzene ring substituents is 1. The number of nitrogens with zero attached hydrogens (tertiary/aromatic N) is 2. The van der Waals surface area contributed by atoms with Gasteiger partial charge in [-0.15, -0.1) is 0 Å². The molecule has 1 fully saturated rings. The number of barbiturate groups is 1. The fourth-order valence-corrected chi connectivity index (χ4v) is 4.45. The Bertz CT molecular complexity index is 1750. The minimum atomic E-state index is -0.895. The number of benzene rings is 4. The molecule has 0 atom stereocenters. The van der Waals surface area contributed by atoms with Crippen molar-refractivity contribution in [1.29, 1.82) is 0 Å². The van der Waals surface area contributed by atoms with Crippen LogP contribution in [0.25, 0.3) is 6.08 Å². The Morgan fingerprint density at radius 2 is 1.60 bits per heavy atom. The zero-order valence-corrected chi connectivity index (χ0v) is 23.5. The summed E-state index contributed by atoms with van der Waals surface area (Å²) in [7, 11) is 0. The van der Waals surface area contributed by atoms with E-state index >= 15 is 0 Å². The number of amides is 4. The SMILES string of the molecule is Cc1ccc(COc2ccc(N3C(=O)NC(=O)/C(=C\c4cc(Cl)ccc4OCc4cccc([N+](=O)[O-])c4)C3=O)cc2)cc1. The van der Waals surface area contributed by atoms with E-state index in [1.807, 2.05) is 31.2 Å². The monoisotopic (exact) mass is 597 g/mol. The Morgan fingerprint density at radius 3 is 2.33 bits per heavy atom. The third-order valence-electron chi connectivity index (χ3n) is 6.51. The van der Waals surface area contributed by atoms with Crippen LogP contribution in [-0.4, -0.2) is 22.8 Å². The average Bonchev–Trinajstić information content (AvgIpc) is 2.99. The lowest BCUT2D eigenvalue weighted by atomic mass is 10.1. The fourth-order valence-electron chi connectivity index (χ4n) is 4.27. The molecule has 0 aromatic heterocycles. The van der Waals surface area contributed by atoms with Gasteiger partial charge in [0.2, 0.25) is 0 Å². The van der Waals surface area contributed by atoms with Crippen LogP contribution in [0.2, 0.25) is 5.02 Å². The first-order valence-electron chi connectivity index (χ1n) is 13.0. The Kier molecular flexibility index (Phi) is 8.49. The summed E-state index contributed by atoms with van der Waals surface area (Å²) in [6.45, 7) is 2.32. The third-order valence-corrected chi connectivity index (χ3v) is 6.75. The molecule has 1 N–H and O–H groups in total. The predicted octanol–water partition coefficient (Wildman–Crippen LogP) is 6.38.